The number of rotatable bonds is 6. The van der Waals surface area contributed by atoms with E-state index in [0.717, 1.165) is 34.2 Å². The number of ketones is 1. The number of carbonyl (C=O) groups excluding carboxylic acids is 2. The molecule has 0 spiro atoms. The van der Waals surface area contributed by atoms with Crippen molar-refractivity contribution in [2.24, 2.45) is 7.05 Å². The maximum Gasteiger partial charge on any atom is 0.300 e. The molecule has 36 heavy (non-hydrogen) atoms. The number of hydrogen-bond donors (Lipinski definition) is 1. The Morgan fingerprint density at radius 2 is 1.72 bits per heavy atom. The monoisotopic (exact) mass is 480 g/mol. The number of amides is 1. The van der Waals surface area contributed by atoms with Gasteiger partial charge >= 0.3 is 0 Å². The first-order chi connectivity index (χ1) is 17.4. The lowest BCUT2D eigenvalue weighted by atomic mass is 9.94. The van der Waals surface area contributed by atoms with Gasteiger partial charge in [0.25, 0.3) is 11.7 Å². The van der Waals surface area contributed by atoms with Gasteiger partial charge in [-0.1, -0.05) is 43.3 Å². The van der Waals surface area contributed by atoms with Crippen LogP contribution in [0.15, 0.2) is 84.6 Å². The first-order valence-electron chi connectivity index (χ1n) is 12.1. The summed E-state index contributed by atoms with van der Waals surface area (Å²) in [5.41, 5.74) is 3.72. The van der Waals surface area contributed by atoms with Gasteiger partial charge in [-0.3, -0.25) is 14.5 Å². The Labute approximate surface area is 210 Å². The molecule has 182 valence electrons. The van der Waals surface area contributed by atoms with Gasteiger partial charge in [-0.05, 0) is 55.3 Å². The second kappa shape index (κ2) is 9.38. The van der Waals surface area contributed by atoms with Crippen molar-refractivity contribution in [2.75, 3.05) is 11.5 Å². The molecule has 2 heterocycles. The van der Waals surface area contributed by atoms with E-state index in [1.54, 1.807) is 30.3 Å². The van der Waals surface area contributed by atoms with E-state index in [4.69, 9.17) is 4.74 Å². The molecule has 0 aliphatic carbocycles. The molecular weight excluding hydrogens is 452 g/mol. The van der Waals surface area contributed by atoms with E-state index in [2.05, 4.69) is 0 Å². The molecule has 3 aromatic carbocycles. The van der Waals surface area contributed by atoms with Crippen LogP contribution in [0.5, 0.6) is 5.75 Å². The highest BCUT2D eigenvalue weighted by Crippen LogP contribution is 2.44. The SMILES string of the molecule is CCCOc1ccc(/C(O)=C2\C(=O)C(=O)N(c3ccccc3)C2c2cn(C)c3ccccc23)cc1C. The average molecular weight is 481 g/mol. The molecule has 1 amide bonds. The third-order valence-electron chi connectivity index (χ3n) is 6.61. The van der Waals surface area contributed by atoms with E-state index < -0.39 is 17.7 Å². The number of hydrogen-bond acceptors (Lipinski definition) is 4. The number of Topliss-reactive ketones (excluding diaryl/α,β-unsaturated/α-hetero) is 1. The summed E-state index contributed by atoms with van der Waals surface area (Å²) in [6, 6.07) is 21.5. The predicted molar refractivity (Wildman–Crippen MR) is 141 cm³/mol. The summed E-state index contributed by atoms with van der Waals surface area (Å²) in [5, 5.41) is 12.4. The van der Waals surface area contributed by atoms with E-state index in [-0.39, 0.29) is 11.3 Å². The van der Waals surface area contributed by atoms with Crippen molar-refractivity contribution in [3.05, 3.63) is 101 Å². The summed E-state index contributed by atoms with van der Waals surface area (Å²) < 4.78 is 7.74. The minimum absolute atomic E-state index is 0.0711. The summed E-state index contributed by atoms with van der Waals surface area (Å²) >= 11 is 0. The lowest BCUT2D eigenvalue weighted by molar-refractivity contribution is -0.132. The average Bonchev–Trinajstić information content (AvgIpc) is 3.36. The van der Waals surface area contributed by atoms with Crippen LogP contribution in [0.1, 0.15) is 36.1 Å². The number of carbonyl (C=O) groups is 2. The van der Waals surface area contributed by atoms with Crippen LogP contribution in [0.2, 0.25) is 0 Å². The molecule has 0 bridgehead atoms. The Morgan fingerprint density at radius 1 is 1.00 bits per heavy atom. The Balaban J connectivity index is 1.73. The van der Waals surface area contributed by atoms with E-state index in [9.17, 15) is 14.7 Å². The lowest BCUT2D eigenvalue weighted by Crippen LogP contribution is -2.29. The minimum Gasteiger partial charge on any atom is -0.507 e. The van der Waals surface area contributed by atoms with Crippen molar-refractivity contribution in [1.82, 2.24) is 4.57 Å². The summed E-state index contributed by atoms with van der Waals surface area (Å²) in [6.07, 6.45) is 2.81. The molecule has 1 aromatic heterocycles. The Bertz CT molecular complexity index is 1500. The number of aryl methyl sites for hydroxylation is 2. The molecule has 6 heteroatoms. The number of para-hydroxylation sites is 2. The number of aromatic nitrogens is 1. The van der Waals surface area contributed by atoms with Gasteiger partial charge < -0.3 is 14.4 Å². The zero-order valence-electron chi connectivity index (χ0n) is 20.6. The quantitative estimate of drug-likeness (QED) is 0.212. The molecule has 1 saturated heterocycles. The van der Waals surface area contributed by atoms with Crippen molar-refractivity contribution < 1.29 is 19.4 Å². The number of ether oxygens (including phenoxy) is 1. The smallest absolute Gasteiger partial charge is 0.300 e. The highest BCUT2D eigenvalue weighted by Gasteiger charge is 2.47. The van der Waals surface area contributed by atoms with Crippen molar-refractivity contribution in [3.63, 3.8) is 0 Å². The molecule has 1 aliphatic heterocycles. The van der Waals surface area contributed by atoms with Gasteiger partial charge in [0, 0.05) is 41.0 Å². The maximum atomic E-state index is 13.5. The van der Waals surface area contributed by atoms with E-state index >= 15 is 0 Å². The second-order valence-corrected chi connectivity index (χ2v) is 9.05. The third-order valence-corrected chi connectivity index (χ3v) is 6.61. The first kappa shape index (κ1) is 23.4. The van der Waals surface area contributed by atoms with Gasteiger partial charge in [0.1, 0.15) is 11.5 Å². The maximum absolute atomic E-state index is 13.5. The van der Waals surface area contributed by atoms with Crippen LogP contribution in [-0.2, 0) is 16.6 Å². The number of nitrogens with zero attached hydrogens (tertiary/aromatic N) is 2. The van der Waals surface area contributed by atoms with Crippen LogP contribution < -0.4 is 9.64 Å². The highest BCUT2D eigenvalue weighted by atomic mass is 16.5. The number of benzene rings is 3. The molecule has 1 aliphatic rings. The fraction of sp³-hybridized carbons (Fsp3) is 0.200. The fourth-order valence-electron chi connectivity index (χ4n) is 4.90. The molecule has 5 rings (SSSR count). The van der Waals surface area contributed by atoms with Crippen LogP contribution in [0.3, 0.4) is 0 Å². The highest BCUT2D eigenvalue weighted by molar-refractivity contribution is 6.51. The van der Waals surface area contributed by atoms with E-state index in [1.807, 2.05) is 74.1 Å². The molecular formula is C30H28N2O4. The van der Waals surface area contributed by atoms with Gasteiger partial charge in [-0.15, -0.1) is 0 Å². The van der Waals surface area contributed by atoms with Crippen LogP contribution in [0.4, 0.5) is 5.69 Å². The van der Waals surface area contributed by atoms with Crippen molar-refractivity contribution in [3.8, 4) is 5.75 Å². The minimum atomic E-state index is -0.783. The van der Waals surface area contributed by atoms with Crippen LogP contribution in [0.25, 0.3) is 16.7 Å². The van der Waals surface area contributed by atoms with Gasteiger partial charge in [-0.2, -0.15) is 0 Å². The zero-order chi connectivity index (χ0) is 25.4. The van der Waals surface area contributed by atoms with E-state index in [0.29, 0.717) is 17.9 Å². The van der Waals surface area contributed by atoms with Gasteiger partial charge in [0.05, 0.1) is 18.2 Å². The van der Waals surface area contributed by atoms with Crippen molar-refractivity contribution >= 4 is 34.0 Å². The lowest BCUT2D eigenvalue weighted by Gasteiger charge is -2.25. The van der Waals surface area contributed by atoms with E-state index in [1.165, 1.54) is 4.90 Å². The summed E-state index contributed by atoms with van der Waals surface area (Å²) in [7, 11) is 1.93. The topological polar surface area (TPSA) is 71.8 Å². The van der Waals surface area contributed by atoms with Gasteiger partial charge in [0.15, 0.2) is 0 Å². The van der Waals surface area contributed by atoms with Crippen LogP contribution in [-0.4, -0.2) is 28.0 Å². The molecule has 6 nitrogen and oxygen atoms in total. The number of anilines is 1. The summed E-state index contributed by atoms with van der Waals surface area (Å²) in [5.74, 6) is -0.850. The van der Waals surface area contributed by atoms with Crippen LogP contribution in [0, 0.1) is 6.92 Å². The molecule has 1 N–H and O–H groups in total. The number of aliphatic hydroxyl groups is 1. The molecule has 0 saturated carbocycles. The zero-order valence-corrected chi connectivity index (χ0v) is 20.6. The summed E-state index contributed by atoms with van der Waals surface area (Å²) in [4.78, 5) is 28.4. The largest absolute Gasteiger partial charge is 0.507 e. The Morgan fingerprint density at radius 3 is 2.44 bits per heavy atom. The summed E-state index contributed by atoms with van der Waals surface area (Å²) in [6.45, 7) is 4.52. The van der Waals surface area contributed by atoms with Gasteiger partial charge in [-0.25, -0.2) is 0 Å². The third kappa shape index (κ3) is 3.85. The number of fused-ring (bicyclic) bond motifs is 1. The molecule has 1 fully saturated rings. The Kier molecular flexibility index (Phi) is 6.10. The standard InChI is InChI=1S/C30H28N2O4/c1-4-16-36-25-15-14-20(17-19(25)2)28(33)26-27(23-18-31(3)24-13-9-8-12-22(23)24)32(30(35)29(26)34)21-10-6-5-7-11-21/h5-15,17-18,27,33H,4,16H2,1-3H3/b28-26+. The molecule has 1 atom stereocenters. The molecule has 4 aromatic rings. The second-order valence-electron chi connectivity index (χ2n) is 9.05. The number of aliphatic hydroxyl groups excluding tert-OH is 1. The first-order valence-corrected chi connectivity index (χ1v) is 12.1. The predicted octanol–water partition coefficient (Wildman–Crippen LogP) is 5.90. The molecule has 1 unspecified atom stereocenters. The van der Waals surface area contributed by atoms with Crippen molar-refractivity contribution in [2.45, 2.75) is 26.3 Å². The van der Waals surface area contributed by atoms with Crippen LogP contribution >= 0.6 is 0 Å². The fourth-order valence-corrected chi connectivity index (χ4v) is 4.90. The van der Waals surface area contributed by atoms with Gasteiger partial charge in [0.2, 0.25) is 0 Å². The molecule has 0 radical (unpaired) electrons. The normalized spacial score (nSPS) is 17.2. The van der Waals surface area contributed by atoms with Crippen molar-refractivity contribution in [1.29, 1.82) is 0 Å². The Hall–Kier alpha value is -4.32.